The van der Waals surface area contributed by atoms with Crippen LogP contribution in [0.25, 0.3) is 0 Å². The van der Waals surface area contributed by atoms with Crippen molar-refractivity contribution >= 4 is 27.1 Å². The highest BCUT2D eigenvalue weighted by atomic mass is 32.0. The fourth-order valence-corrected chi connectivity index (χ4v) is 6.82. The molecule has 0 aliphatic heterocycles. The zero-order chi connectivity index (χ0) is 15.6. The largest absolute Gasteiger partial charge is 0.0946 e. The van der Waals surface area contributed by atoms with Crippen molar-refractivity contribution in [2.24, 2.45) is 0 Å². The van der Waals surface area contributed by atoms with Crippen molar-refractivity contribution in [1.29, 1.82) is 0 Å². The van der Waals surface area contributed by atoms with Crippen molar-refractivity contribution in [3.8, 4) is 0 Å². The van der Waals surface area contributed by atoms with Crippen LogP contribution in [0.15, 0.2) is 48.5 Å². The van der Waals surface area contributed by atoms with E-state index in [1.807, 2.05) is 0 Å². The van der Waals surface area contributed by atoms with Crippen LogP contribution in [0.1, 0.15) is 50.7 Å². The van der Waals surface area contributed by atoms with E-state index >= 15 is 0 Å². The summed E-state index contributed by atoms with van der Waals surface area (Å²) in [7, 11) is 1.35. The molecule has 2 aromatic rings. The Morgan fingerprint density at radius 1 is 0.773 bits per heavy atom. The zero-order valence-corrected chi connectivity index (χ0v) is 16.1. The van der Waals surface area contributed by atoms with E-state index in [-0.39, 0.29) is 0 Å². The van der Waals surface area contributed by atoms with Gasteiger partial charge in [0.25, 0.3) is 0 Å². The minimum Gasteiger partial charge on any atom is -0.0654 e. The van der Waals surface area contributed by atoms with Gasteiger partial charge in [-0.05, 0) is 42.9 Å². The first-order valence-electron chi connectivity index (χ1n) is 8.60. The summed E-state index contributed by atoms with van der Waals surface area (Å²) in [6.07, 6.45) is 7.69. The number of hydrogen-bond acceptors (Lipinski definition) is 0. The van der Waals surface area contributed by atoms with Gasteiger partial charge in [-0.3, -0.25) is 0 Å². The Kier molecular flexibility index (Phi) is 8.14. The molecule has 118 valence electrons. The Balaban J connectivity index is 2.04. The Bertz CT molecular complexity index is 512. The lowest BCUT2D eigenvalue weighted by molar-refractivity contribution is 0.798. The highest BCUT2D eigenvalue weighted by Gasteiger charge is 2.10. The molecule has 0 aliphatic rings. The maximum atomic E-state index is 2.36. The molecule has 0 spiro atoms. The average Bonchev–Trinajstić information content (AvgIpc) is 2.57. The lowest BCUT2D eigenvalue weighted by Gasteiger charge is -2.07. The van der Waals surface area contributed by atoms with E-state index < -0.39 is 0 Å². The summed E-state index contributed by atoms with van der Waals surface area (Å²) >= 11 is 0. The van der Waals surface area contributed by atoms with Gasteiger partial charge in [0.1, 0.15) is 0 Å². The smallest absolute Gasteiger partial charge is 0.0654 e. The van der Waals surface area contributed by atoms with E-state index in [4.69, 9.17) is 0 Å². The number of benzene rings is 2. The Morgan fingerprint density at radius 3 is 2.09 bits per heavy atom. The van der Waals surface area contributed by atoms with E-state index in [0.717, 1.165) is 8.27 Å². The van der Waals surface area contributed by atoms with Crippen LogP contribution in [-0.4, -0.2) is 0 Å². The lowest BCUT2D eigenvalue weighted by atomic mass is 10.1. The summed E-state index contributed by atoms with van der Waals surface area (Å²) in [6, 6.07) is 18.2. The second-order valence-electron chi connectivity index (χ2n) is 5.85. The number of hydrogen-bond donors (Lipinski definition) is 0. The molecule has 2 aromatic carbocycles. The van der Waals surface area contributed by atoms with Gasteiger partial charge in [0.15, 0.2) is 0 Å². The van der Waals surface area contributed by atoms with Gasteiger partial charge in [-0.1, -0.05) is 69.2 Å². The van der Waals surface area contributed by atoms with Crippen molar-refractivity contribution in [1.82, 2.24) is 0 Å². The first kappa shape index (κ1) is 17.7. The zero-order valence-electron chi connectivity index (χ0n) is 13.9. The number of rotatable bonds is 9. The molecule has 0 N–H and O–H groups in total. The first-order chi connectivity index (χ1) is 10.8. The van der Waals surface area contributed by atoms with E-state index in [9.17, 15) is 0 Å². The topological polar surface area (TPSA) is 0 Å². The molecule has 0 radical (unpaired) electrons. The van der Waals surface area contributed by atoms with E-state index in [1.54, 1.807) is 21.7 Å². The van der Waals surface area contributed by atoms with E-state index in [0.29, 0.717) is 8.27 Å². The van der Waals surface area contributed by atoms with Crippen LogP contribution in [-0.2, 0) is 12.8 Å². The minimum absolute atomic E-state index is 0.369. The number of aryl methyl sites for hydroxylation is 2. The monoisotopic (exact) mass is 331 g/mol. The molecule has 0 heterocycles. The third kappa shape index (κ3) is 5.49. The Hall–Kier alpha value is -0.700. The predicted octanol–water partition coefficient (Wildman–Crippen LogP) is 5.33. The quantitative estimate of drug-likeness (QED) is 0.545. The molecular weight excluding hydrogens is 302 g/mol. The van der Waals surface area contributed by atoms with Crippen LogP contribution >= 0.6 is 16.5 Å². The van der Waals surface area contributed by atoms with Gasteiger partial charge >= 0.3 is 0 Å². The lowest BCUT2D eigenvalue weighted by Crippen LogP contribution is -2.06. The summed E-state index contributed by atoms with van der Waals surface area (Å²) in [5, 5.41) is 3.25. The fourth-order valence-electron chi connectivity index (χ4n) is 2.67. The van der Waals surface area contributed by atoms with Crippen LogP contribution in [0.2, 0.25) is 0 Å². The summed E-state index contributed by atoms with van der Waals surface area (Å²) in [5.74, 6) is 0. The van der Waals surface area contributed by atoms with Gasteiger partial charge in [-0.15, -0.1) is 0 Å². The van der Waals surface area contributed by atoms with Crippen molar-refractivity contribution in [3.05, 3.63) is 59.7 Å². The van der Waals surface area contributed by atoms with Gasteiger partial charge in [-0.2, -0.15) is 0 Å². The summed E-state index contributed by atoms with van der Waals surface area (Å²) in [5.41, 5.74) is 3.18. The molecule has 2 heteroatoms. The second-order valence-corrected chi connectivity index (χ2v) is 9.32. The standard InChI is InChI=1S/C20H28P2/c1-3-5-11-17-13-7-9-15-19(17)21-22-20-16-10-8-14-18(20)12-6-4-2/h7-10,13-16,21-22H,3-6,11-12H2,1-2H3/p+1. The van der Waals surface area contributed by atoms with Crippen LogP contribution in [0, 0.1) is 0 Å². The van der Waals surface area contributed by atoms with Crippen LogP contribution in [0.5, 0.6) is 0 Å². The van der Waals surface area contributed by atoms with Gasteiger partial charge in [0.05, 0.1) is 13.6 Å². The molecule has 2 atom stereocenters. The van der Waals surface area contributed by atoms with E-state index in [1.165, 1.54) is 38.5 Å². The van der Waals surface area contributed by atoms with Crippen LogP contribution in [0.3, 0.4) is 0 Å². The van der Waals surface area contributed by atoms with Crippen molar-refractivity contribution < 1.29 is 0 Å². The molecule has 2 rings (SSSR count). The highest BCUT2D eigenvalue weighted by molar-refractivity contribution is 8.18. The molecule has 0 bridgehead atoms. The van der Waals surface area contributed by atoms with Gasteiger partial charge in [0.2, 0.25) is 0 Å². The summed E-state index contributed by atoms with van der Waals surface area (Å²) in [4.78, 5) is 0. The van der Waals surface area contributed by atoms with Crippen molar-refractivity contribution in [3.63, 3.8) is 0 Å². The first-order valence-corrected chi connectivity index (χ1v) is 12.0. The van der Waals surface area contributed by atoms with Crippen molar-refractivity contribution in [2.75, 3.05) is 0 Å². The van der Waals surface area contributed by atoms with Gasteiger partial charge in [0, 0.05) is 13.6 Å². The third-order valence-electron chi connectivity index (χ3n) is 4.05. The molecule has 0 saturated heterocycles. The molecule has 0 aromatic heterocycles. The molecular formula is C20H29P2+. The average molecular weight is 331 g/mol. The Morgan fingerprint density at radius 2 is 1.36 bits per heavy atom. The highest BCUT2D eigenvalue weighted by Crippen LogP contribution is 2.37. The summed E-state index contributed by atoms with van der Waals surface area (Å²) in [6.45, 7) is 4.56. The normalized spacial score (nSPS) is 11.9. The molecule has 0 aliphatic carbocycles. The second kappa shape index (κ2) is 10.1. The van der Waals surface area contributed by atoms with E-state index in [2.05, 4.69) is 62.4 Å². The molecule has 0 nitrogen and oxygen atoms in total. The molecule has 0 saturated carbocycles. The molecule has 0 fully saturated rings. The summed E-state index contributed by atoms with van der Waals surface area (Å²) < 4.78 is 0. The number of unbranched alkanes of at least 4 members (excludes halogenated alkanes) is 2. The maximum Gasteiger partial charge on any atom is 0.0946 e. The van der Waals surface area contributed by atoms with Gasteiger partial charge < -0.3 is 0 Å². The van der Waals surface area contributed by atoms with Gasteiger partial charge in [-0.25, -0.2) is 0 Å². The SMILES string of the molecule is CCCCc1ccccc1P[PH2+]c1ccccc1CCCC. The predicted molar refractivity (Wildman–Crippen MR) is 107 cm³/mol. The maximum absolute atomic E-state index is 2.36. The van der Waals surface area contributed by atoms with Crippen molar-refractivity contribution in [2.45, 2.75) is 52.4 Å². The minimum atomic E-state index is 0.369. The molecule has 2 unspecified atom stereocenters. The van der Waals surface area contributed by atoms with Crippen LogP contribution < -0.4 is 10.6 Å². The Labute approximate surface area is 139 Å². The molecule has 0 amide bonds. The van der Waals surface area contributed by atoms with Crippen LogP contribution in [0.4, 0.5) is 0 Å². The molecule has 22 heavy (non-hydrogen) atoms. The fraction of sp³-hybridized carbons (Fsp3) is 0.400. The third-order valence-corrected chi connectivity index (χ3v) is 8.17.